The molecule has 0 spiro atoms. The van der Waals surface area contributed by atoms with Crippen LogP contribution in [0, 0.1) is 0 Å². The third kappa shape index (κ3) is 7.11. The molecule has 1 amide bonds. The number of hydrogen-bond acceptors (Lipinski definition) is 6. The molecule has 0 radical (unpaired) electrons. The summed E-state index contributed by atoms with van der Waals surface area (Å²) < 4.78 is 11.4. The quantitative estimate of drug-likeness (QED) is 0.298. The molecule has 0 aliphatic carbocycles. The summed E-state index contributed by atoms with van der Waals surface area (Å²) in [7, 11) is 0. The summed E-state index contributed by atoms with van der Waals surface area (Å²) in [6, 6.07) is 16.3. The van der Waals surface area contributed by atoms with E-state index in [1.807, 2.05) is 54.6 Å². The van der Waals surface area contributed by atoms with Gasteiger partial charge in [-0.25, -0.2) is 0 Å². The average molecular weight is 519 g/mol. The molecule has 7 heteroatoms. The maximum atomic E-state index is 13.4. The Morgan fingerprint density at radius 2 is 1.84 bits per heavy atom. The van der Waals surface area contributed by atoms with E-state index < -0.39 is 17.7 Å². The molecule has 38 heavy (non-hydrogen) atoms. The SMILES string of the molecule is CCCCCOc1cccc(C2C(C(=O)/C=C/c3ccccc3)=C(O)C(=O)N2CCCN2CCOCC2)c1. The standard InChI is InChI=1S/C31H38N2O5/c1-2-3-7-20-38-26-13-8-12-25(23-26)29-28(27(34)15-14-24-10-5-4-6-11-24)30(35)31(36)33(29)17-9-16-32-18-21-37-22-19-32/h4-6,8,10-15,23,29,35H,2-3,7,9,16-22H2,1H3/b15-14+. The third-order valence-electron chi connectivity index (χ3n) is 6.96. The molecule has 1 N–H and O–H groups in total. The van der Waals surface area contributed by atoms with Crippen molar-refractivity contribution in [2.75, 3.05) is 46.0 Å². The van der Waals surface area contributed by atoms with E-state index in [9.17, 15) is 14.7 Å². The molecule has 2 aromatic rings. The van der Waals surface area contributed by atoms with E-state index in [1.54, 1.807) is 11.0 Å². The summed E-state index contributed by atoms with van der Waals surface area (Å²) in [5, 5.41) is 10.9. The van der Waals surface area contributed by atoms with E-state index in [0.717, 1.165) is 56.4 Å². The van der Waals surface area contributed by atoms with Crippen molar-refractivity contribution in [1.82, 2.24) is 9.80 Å². The second-order valence-corrected chi connectivity index (χ2v) is 9.71. The topological polar surface area (TPSA) is 79.3 Å². The van der Waals surface area contributed by atoms with Crippen molar-refractivity contribution >= 4 is 17.8 Å². The molecule has 2 aliphatic rings. The van der Waals surface area contributed by atoms with Gasteiger partial charge in [-0.15, -0.1) is 0 Å². The summed E-state index contributed by atoms with van der Waals surface area (Å²) in [6.45, 7) is 7.16. The van der Waals surface area contributed by atoms with Crippen LogP contribution in [-0.4, -0.2) is 72.6 Å². The molecular weight excluding hydrogens is 480 g/mol. The van der Waals surface area contributed by atoms with Crippen LogP contribution in [0.15, 0.2) is 72.0 Å². The van der Waals surface area contributed by atoms with E-state index >= 15 is 0 Å². The predicted molar refractivity (Wildman–Crippen MR) is 148 cm³/mol. The van der Waals surface area contributed by atoms with Gasteiger partial charge in [0.05, 0.1) is 31.4 Å². The number of aliphatic hydroxyl groups is 1. The number of amides is 1. The Balaban J connectivity index is 1.57. The van der Waals surface area contributed by atoms with Crippen LogP contribution >= 0.6 is 0 Å². The Labute approximate surface area is 225 Å². The lowest BCUT2D eigenvalue weighted by atomic mass is 9.95. The van der Waals surface area contributed by atoms with Crippen molar-refractivity contribution < 1.29 is 24.2 Å². The second-order valence-electron chi connectivity index (χ2n) is 9.71. The number of allylic oxidation sites excluding steroid dienone is 1. The van der Waals surface area contributed by atoms with Gasteiger partial charge in [0.1, 0.15) is 5.75 Å². The van der Waals surface area contributed by atoms with Gasteiger partial charge in [0.2, 0.25) is 0 Å². The zero-order valence-corrected chi connectivity index (χ0v) is 22.2. The minimum atomic E-state index is -0.681. The molecule has 2 aliphatic heterocycles. The summed E-state index contributed by atoms with van der Waals surface area (Å²) in [5.41, 5.74) is 1.72. The van der Waals surface area contributed by atoms with Crippen molar-refractivity contribution in [3.63, 3.8) is 0 Å². The van der Waals surface area contributed by atoms with Gasteiger partial charge < -0.3 is 19.5 Å². The summed E-state index contributed by atoms with van der Waals surface area (Å²) in [5.74, 6) is -0.673. The van der Waals surface area contributed by atoms with Crippen LogP contribution in [-0.2, 0) is 14.3 Å². The maximum absolute atomic E-state index is 13.4. The first-order valence-electron chi connectivity index (χ1n) is 13.6. The van der Waals surface area contributed by atoms with Crippen LogP contribution in [0.3, 0.4) is 0 Å². The number of hydrogen-bond donors (Lipinski definition) is 1. The molecule has 2 aromatic carbocycles. The number of nitrogens with zero attached hydrogens (tertiary/aromatic N) is 2. The predicted octanol–water partition coefficient (Wildman–Crippen LogP) is 4.96. The van der Waals surface area contributed by atoms with Gasteiger partial charge in [-0.2, -0.15) is 0 Å². The van der Waals surface area contributed by atoms with E-state index in [4.69, 9.17) is 9.47 Å². The first kappa shape index (κ1) is 27.6. The van der Waals surface area contributed by atoms with Gasteiger partial charge in [0.15, 0.2) is 11.5 Å². The average Bonchev–Trinajstić information content (AvgIpc) is 3.20. The minimum absolute atomic E-state index is 0.108. The lowest BCUT2D eigenvalue weighted by Gasteiger charge is -2.30. The molecule has 0 aromatic heterocycles. The van der Waals surface area contributed by atoms with Gasteiger partial charge in [-0.3, -0.25) is 14.5 Å². The van der Waals surface area contributed by atoms with Crippen LogP contribution < -0.4 is 4.74 Å². The molecule has 1 fully saturated rings. The Hall–Kier alpha value is -3.42. The third-order valence-corrected chi connectivity index (χ3v) is 6.96. The maximum Gasteiger partial charge on any atom is 0.290 e. The number of ether oxygens (including phenoxy) is 2. The fourth-order valence-corrected chi connectivity index (χ4v) is 4.91. The van der Waals surface area contributed by atoms with Crippen LogP contribution in [0.25, 0.3) is 6.08 Å². The molecule has 202 valence electrons. The summed E-state index contributed by atoms with van der Waals surface area (Å²) >= 11 is 0. The first-order valence-corrected chi connectivity index (χ1v) is 13.6. The molecule has 2 heterocycles. The van der Waals surface area contributed by atoms with Crippen LogP contribution in [0.5, 0.6) is 5.75 Å². The number of carbonyl (C=O) groups excluding carboxylic acids is 2. The Kier molecular flexibility index (Phi) is 10.1. The largest absolute Gasteiger partial charge is 0.503 e. The van der Waals surface area contributed by atoms with E-state index in [2.05, 4.69) is 11.8 Å². The number of carbonyl (C=O) groups is 2. The molecule has 7 nitrogen and oxygen atoms in total. The van der Waals surface area contributed by atoms with Crippen molar-refractivity contribution in [1.29, 1.82) is 0 Å². The van der Waals surface area contributed by atoms with Crippen molar-refractivity contribution in [3.05, 3.63) is 83.1 Å². The number of morpholine rings is 1. The van der Waals surface area contributed by atoms with Crippen molar-refractivity contribution in [3.8, 4) is 5.75 Å². The zero-order valence-electron chi connectivity index (χ0n) is 22.2. The highest BCUT2D eigenvalue weighted by Gasteiger charge is 2.42. The molecule has 1 unspecified atom stereocenters. The van der Waals surface area contributed by atoms with Gasteiger partial charge in [0, 0.05) is 26.2 Å². The van der Waals surface area contributed by atoms with Crippen LogP contribution in [0.2, 0.25) is 0 Å². The molecule has 0 saturated carbocycles. The molecule has 0 bridgehead atoms. The van der Waals surface area contributed by atoms with Crippen LogP contribution in [0.1, 0.15) is 49.8 Å². The Morgan fingerprint density at radius 1 is 1.05 bits per heavy atom. The highest BCUT2D eigenvalue weighted by atomic mass is 16.5. The molecule has 1 atom stereocenters. The highest BCUT2D eigenvalue weighted by Crippen LogP contribution is 2.39. The monoisotopic (exact) mass is 518 g/mol. The highest BCUT2D eigenvalue weighted by molar-refractivity contribution is 6.14. The number of rotatable bonds is 13. The van der Waals surface area contributed by atoms with Crippen molar-refractivity contribution in [2.24, 2.45) is 0 Å². The van der Waals surface area contributed by atoms with E-state index in [-0.39, 0.29) is 11.4 Å². The Bertz CT molecular complexity index is 1140. The van der Waals surface area contributed by atoms with Gasteiger partial charge >= 0.3 is 0 Å². The fraction of sp³-hybridized carbons (Fsp3) is 0.419. The number of benzene rings is 2. The lowest BCUT2D eigenvalue weighted by Crippen LogP contribution is -2.39. The molecule has 4 rings (SSSR count). The van der Waals surface area contributed by atoms with E-state index in [1.165, 1.54) is 6.08 Å². The fourth-order valence-electron chi connectivity index (χ4n) is 4.91. The number of ketones is 1. The normalized spacial score (nSPS) is 18.5. The number of unbranched alkanes of at least 4 members (excludes halogenated alkanes) is 2. The zero-order chi connectivity index (χ0) is 26.7. The summed E-state index contributed by atoms with van der Waals surface area (Å²) in [4.78, 5) is 30.6. The Morgan fingerprint density at radius 3 is 2.61 bits per heavy atom. The smallest absolute Gasteiger partial charge is 0.290 e. The van der Waals surface area contributed by atoms with E-state index in [0.29, 0.717) is 32.1 Å². The van der Waals surface area contributed by atoms with Crippen molar-refractivity contribution in [2.45, 2.75) is 38.6 Å². The molecule has 1 saturated heterocycles. The van der Waals surface area contributed by atoms with Gasteiger partial charge in [-0.1, -0.05) is 68.3 Å². The first-order chi connectivity index (χ1) is 18.6. The second kappa shape index (κ2) is 13.9. The van der Waals surface area contributed by atoms with Gasteiger partial charge in [-0.05, 0) is 42.2 Å². The van der Waals surface area contributed by atoms with Crippen LogP contribution in [0.4, 0.5) is 0 Å². The summed E-state index contributed by atoms with van der Waals surface area (Å²) in [6.07, 6.45) is 7.03. The van der Waals surface area contributed by atoms with Gasteiger partial charge in [0.25, 0.3) is 5.91 Å². The molecular formula is C31H38N2O5. The minimum Gasteiger partial charge on any atom is -0.503 e. The number of aliphatic hydroxyl groups excluding tert-OH is 1. The lowest BCUT2D eigenvalue weighted by molar-refractivity contribution is -0.129.